The Morgan fingerprint density at radius 1 is 1.08 bits per heavy atom. The number of guanidine groups is 1. The fraction of sp³-hybridized carbons (Fsp3) is 0.938. The molecule has 2 fully saturated rings. The molecule has 1 saturated carbocycles. The average molecular weight is 360 g/mol. The zero-order chi connectivity index (χ0) is 17.3. The van der Waals surface area contributed by atoms with Crippen molar-refractivity contribution in [2.24, 2.45) is 10.9 Å². The molecular formula is C16H33N5O2S. The minimum absolute atomic E-state index is 0.0759. The molecule has 0 radical (unpaired) electrons. The van der Waals surface area contributed by atoms with Gasteiger partial charge in [0.25, 0.3) is 0 Å². The molecule has 2 aliphatic rings. The predicted molar refractivity (Wildman–Crippen MR) is 98.8 cm³/mol. The van der Waals surface area contributed by atoms with Crippen molar-refractivity contribution in [2.45, 2.75) is 38.5 Å². The van der Waals surface area contributed by atoms with Crippen LogP contribution >= 0.6 is 0 Å². The van der Waals surface area contributed by atoms with Crippen LogP contribution in [-0.4, -0.2) is 71.3 Å². The van der Waals surface area contributed by atoms with Crippen LogP contribution in [0, 0.1) is 5.92 Å². The summed E-state index contributed by atoms with van der Waals surface area (Å²) in [5.74, 6) is 1.28. The van der Waals surface area contributed by atoms with Crippen LogP contribution in [0.3, 0.4) is 0 Å². The van der Waals surface area contributed by atoms with E-state index in [1.807, 2.05) is 0 Å². The fourth-order valence-electron chi connectivity index (χ4n) is 3.05. The van der Waals surface area contributed by atoms with Crippen LogP contribution < -0.4 is 15.4 Å². The number of rotatable bonds is 9. The van der Waals surface area contributed by atoms with Gasteiger partial charge in [0.2, 0.25) is 10.0 Å². The van der Waals surface area contributed by atoms with Gasteiger partial charge in [-0.3, -0.25) is 4.99 Å². The summed E-state index contributed by atoms with van der Waals surface area (Å²) in [6.45, 7) is 5.14. The summed E-state index contributed by atoms with van der Waals surface area (Å²) in [5.41, 5.74) is 0. The quantitative estimate of drug-likeness (QED) is 0.409. The van der Waals surface area contributed by atoms with Gasteiger partial charge in [-0.15, -0.1) is 0 Å². The summed E-state index contributed by atoms with van der Waals surface area (Å²) < 4.78 is 26.6. The molecule has 0 aromatic rings. The highest BCUT2D eigenvalue weighted by atomic mass is 32.2. The van der Waals surface area contributed by atoms with E-state index in [0.29, 0.717) is 25.0 Å². The summed E-state index contributed by atoms with van der Waals surface area (Å²) >= 11 is 0. The van der Waals surface area contributed by atoms with E-state index in [9.17, 15) is 8.42 Å². The maximum Gasteiger partial charge on any atom is 0.213 e. The van der Waals surface area contributed by atoms with Crippen molar-refractivity contribution in [1.29, 1.82) is 0 Å². The molecule has 0 spiro atoms. The van der Waals surface area contributed by atoms with E-state index in [1.54, 1.807) is 7.05 Å². The normalized spacial score (nSPS) is 20.6. The third-order valence-electron chi connectivity index (χ3n) is 4.87. The first-order valence-corrected chi connectivity index (χ1v) is 10.9. The van der Waals surface area contributed by atoms with Crippen molar-refractivity contribution in [3.05, 3.63) is 0 Å². The molecule has 0 atom stereocenters. The Morgan fingerprint density at radius 2 is 1.79 bits per heavy atom. The molecule has 1 saturated heterocycles. The largest absolute Gasteiger partial charge is 0.355 e. The third kappa shape index (κ3) is 7.36. The zero-order valence-corrected chi connectivity index (χ0v) is 15.7. The molecule has 0 amide bonds. The number of sulfonamides is 1. The van der Waals surface area contributed by atoms with E-state index in [2.05, 4.69) is 25.2 Å². The molecule has 0 aromatic heterocycles. The molecular weight excluding hydrogens is 326 g/mol. The summed E-state index contributed by atoms with van der Waals surface area (Å²) in [5, 5.41) is 6.33. The SMILES string of the molecule is CN=C(NCCN1CCCCC1)NCCS(=O)(=O)NCC1CCC1. The second kappa shape index (κ2) is 10.2. The Kier molecular flexibility index (Phi) is 8.28. The van der Waals surface area contributed by atoms with Gasteiger partial charge in [-0.1, -0.05) is 12.8 Å². The van der Waals surface area contributed by atoms with Crippen molar-refractivity contribution in [3.8, 4) is 0 Å². The Bertz CT molecular complexity index is 485. The van der Waals surface area contributed by atoms with E-state index in [1.165, 1.54) is 38.8 Å². The molecule has 2 rings (SSSR count). The number of hydrogen-bond acceptors (Lipinski definition) is 4. The molecule has 8 heteroatoms. The van der Waals surface area contributed by atoms with Gasteiger partial charge in [0.05, 0.1) is 5.75 Å². The second-order valence-electron chi connectivity index (χ2n) is 6.79. The Hall–Kier alpha value is -0.860. The standard InChI is InChI=1S/C16H33N5O2S/c1-17-16(18-8-12-21-10-3-2-4-11-21)19-9-13-24(22,23)20-14-15-6-5-7-15/h15,20H,2-14H2,1H3,(H2,17,18,19). The van der Waals surface area contributed by atoms with Crippen LogP contribution in [0.5, 0.6) is 0 Å². The average Bonchev–Trinajstić information content (AvgIpc) is 2.52. The van der Waals surface area contributed by atoms with E-state index in [-0.39, 0.29) is 5.75 Å². The van der Waals surface area contributed by atoms with Gasteiger partial charge < -0.3 is 15.5 Å². The van der Waals surface area contributed by atoms with E-state index >= 15 is 0 Å². The van der Waals surface area contributed by atoms with Gasteiger partial charge in [-0.2, -0.15) is 0 Å². The highest BCUT2D eigenvalue weighted by Crippen LogP contribution is 2.25. The van der Waals surface area contributed by atoms with Crippen molar-refractivity contribution in [2.75, 3.05) is 52.1 Å². The predicted octanol–water partition coefficient (Wildman–Crippen LogP) is 0.357. The molecule has 140 valence electrons. The van der Waals surface area contributed by atoms with Gasteiger partial charge in [0, 0.05) is 33.2 Å². The van der Waals surface area contributed by atoms with Gasteiger partial charge in [-0.05, 0) is 44.7 Å². The van der Waals surface area contributed by atoms with E-state index in [4.69, 9.17) is 0 Å². The number of hydrogen-bond donors (Lipinski definition) is 3. The molecule has 0 unspecified atom stereocenters. The lowest BCUT2D eigenvalue weighted by Crippen LogP contribution is -2.44. The van der Waals surface area contributed by atoms with Crippen LogP contribution in [0.4, 0.5) is 0 Å². The van der Waals surface area contributed by atoms with Crippen molar-refractivity contribution < 1.29 is 8.42 Å². The first-order chi connectivity index (χ1) is 11.6. The molecule has 1 aliphatic carbocycles. The Balaban J connectivity index is 1.56. The molecule has 0 bridgehead atoms. The van der Waals surface area contributed by atoms with Crippen molar-refractivity contribution >= 4 is 16.0 Å². The lowest BCUT2D eigenvalue weighted by Gasteiger charge is -2.26. The minimum Gasteiger partial charge on any atom is -0.355 e. The maximum atomic E-state index is 11.9. The third-order valence-corrected chi connectivity index (χ3v) is 6.22. The molecule has 24 heavy (non-hydrogen) atoms. The van der Waals surface area contributed by atoms with Gasteiger partial charge in [0.15, 0.2) is 5.96 Å². The van der Waals surface area contributed by atoms with Crippen LogP contribution in [0.1, 0.15) is 38.5 Å². The summed E-state index contributed by atoms with van der Waals surface area (Å²) in [6.07, 6.45) is 7.45. The first-order valence-electron chi connectivity index (χ1n) is 9.23. The van der Waals surface area contributed by atoms with Crippen LogP contribution in [0.25, 0.3) is 0 Å². The number of piperidine rings is 1. The lowest BCUT2D eigenvalue weighted by molar-refractivity contribution is 0.232. The lowest BCUT2D eigenvalue weighted by atomic mass is 9.86. The summed E-state index contributed by atoms with van der Waals surface area (Å²) in [6, 6.07) is 0. The zero-order valence-electron chi connectivity index (χ0n) is 14.9. The Morgan fingerprint density at radius 3 is 2.42 bits per heavy atom. The topological polar surface area (TPSA) is 85.8 Å². The molecule has 3 N–H and O–H groups in total. The number of nitrogens with zero attached hydrogens (tertiary/aromatic N) is 2. The van der Waals surface area contributed by atoms with Crippen molar-refractivity contribution in [1.82, 2.24) is 20.3 Å². The summed E-state index contributed by atoms with van der Waals surface area (Å²) in [4.78, 5) is 6.60. The van der Waals surface area contributed by atoms with Gasteiger partial charge >= 0.3 is 0 Å². The minimum atomic E-state index is -3.20. The van der Waals surface area contributed by atoms with Crippen molar-refractivity contribution in [3.63, 3.8) is 0 Å². The highest BCUT2D eigenvalue weighted by molar-refractivity contribution is 7.89. The number of aliphatic imine (C=N–C) groups is 1. The maximum absolute atomic E-state index is 11.9. The fourth-order valence-corrected chi connectivity index (χ4v) is 4.06. The van der Waals surface area contributed by atoms with Gasteiger partial charge in [0.1, 0.15) is 0 Å². The summed E-state index contributed by atoms with van der Waals surface area (Å²) in [7, 11) is -1.49. The molecule has 1 heterocycles. The van der Waals surface area contributed by atoms with Crippen LogP contribution in [0.15, 0.2) is 4.99 Å². The number of nitrogens with one attached hydrogen (secondary N) is 3. The molecule has 7 nitrogen and oxygen atoms in total. The monoisotopic (exact) mass is 359 g/mol. The first kappa shape index (κ1) is 19.5. The van der Waals surface area contributed by atoms with E-state index in [0.717, 1.165) is 25.9 Å². The van der Waals surface area contributed by atoms with Crippen LogP contribution in [0.2, 0.25) is 0 Å². The molecule has 1 aliphatic heterocycles. The Labute approximate surface area is 146 Å². The number of likely N-dealkylation sites (tertiary alicyclic amines) is 1. The van der Waals surface area contributed by atoms with Crippen LogP contribution in [-0.2, 0) is 10.0 Å². The smallest absolute Gasteiger partial charge is 0.213 e. The second-order valence-corrected chi connectivity index (χ2v) is 8.72. The highest BCUT2D eigenvalue weighted by Gasteiger charge is 2.20. The molecule has 0 aromatic carbocycles. The van der Waals surface area contributed by atoms with Gasteiger partial charge in [-0.25, -0.2) is 13.1 Å². The van der Waals surface area contributed by atoms with E-state index < -0.39 is 10.0 Å².